The second kappa shape index (κ2) is 5.50. The standard InChI is InChI=1S/C14H20O3/c1-10-4-3-5-11(6-10)9-17-13-7-12(8-13)14(15)16-2/h3-5,10,12-13H,6-9H2,1-2H3. The van der Waals surface area contributed by atoms with Crippen LogP contribution in [-0.4, -0.2) is 25.8 Å². The van der Waals surface area contributed by atoms with Crippen LogP contribution >= 0.6 is 0 Å². The van der Waals surface area contributed by atoms with Crippen molar-refractivity contribution in [1.29, 1.82) is 0 Å². The highest BCUT2D eigenvalue weighted by atomic mass is 16.5. The lowest BCUT2D eigenvalue weighted by Gasteiger charge is -2.33. The van der Waals surface area contributed by atoms with Gasteiger partial charge in [0.05, 0.1) is 25.7 Å². The Morgan fingerprint density at radius 3 is 2.88 bits per heavy atom. The van der Waals surface area contributed by atoms with Gasteiger partial charge in [0.25, 0.3) is 0 Å². The van der Waals surface area contributed by atoms with Gasteiger partial charge in [-0.15, -0.1) is 0 Å². The number of methoxy groups -OCH3 is 1. The SMILES string of the molecule is COC(=O)C1CC(OCC2=CC=CC(C)C2)C1. The topological polar surface area (TPSA) is 35.5 Å². The van der Waals surface area contributed by atoms with Crippen molar-refractivity contribution in [2.45, 2.75) is 32.3 Å². The van der Waals surface area contributed by atoms with E-state index >= 15 is 0 Å². The summed E-state index contributed by atoms with van der Waals surface area (Å²) in [5.41, 5.74) is 1.35. The van der Waals surface area contributed by atoms with Crippen LogP contribution in [0.1, 0.15) is 26.2 Å². The second-order valence-electron chi connectivity index (χ2n) is 5.02. The molecular formula is C14H20O3. The summed E-state index contributed by atoms with van der Waals surface area (Å²) in [5.74, 6) is 0.574. The predicted molar refractivity (Wildman–Crippen MR) is 65.5 cm³/mol. The maximum Gasteiger partial charge on any atom is 0.308 e. The number of carbonyl (C=O) groups excluding carboxylic acids is 1. The van der Waals surface area contributed by atoms with Crippen molar-refractivity contribution >= 4 is 5.97 Å². The molecule has 0 heterocycles. The fourth-order valence-corrected chi connectivity index (χ4v) is 2.32. The van der Waals surface area contributed by atoms with Crippen LogP contribution in [0.25, 0.3) is 0 Å². The smallest absolute Gasteiger partial charge is 0.308 e. The van der Waals surface area contributed by atoms with E-state index in [9.17, 15) is 4.79 Å². The molecule has 0 N–H and O–H groups in total. The average molecular weight is 236 g/mol. The molecule has 0 aliphatic heterocycles. The average Bonchev–Trinajstić information content (AvgIpc) is 2.26. The molecule has 0 aromatic carbocycles. The number of esters is 1. The minimum atomic E-state index is -0.0988. The highest BCUT2D eigenvalue weighted by Gasteiger charge is 2.36. The highest BCUT2D eigenvalue weighted by Crippen LogP contribution is 2.31. The Morgan fingerprint density at radius 1 is 1.47 bits per heavy atom. The first-order chi connectivity index (χ1) is 8.19. The van der Waals surface area contributed by atoms with Gasteiger partial charge in [-0.1, -0.05) is 25.2 Å². The summed E-state index contributed by atoms with van der Waals surface area (Å²) in [5, 5.41) is 0. The van der Waals surface area contributed by atoms with Gasteiger partial charge in [0.2, 0.25) is 0 Å². The Labute approximate surface area is 102 Å². The van der Waals surface area contributed by atoms with E-state index in [0.717, 1.165) is 19.3 Å². The number of hydrogen-bond acceptors (Lipinski definition) is 3. The summed E-state index contributed by atoms with van der Waals surface area (Å²) in [4.78, 5) is 11.2. The lowest BCUT2D eigenvalue weighted by atomic mass is 9.82. The number of rotatable bonds is 4. The van der Waals surface area contributed by atoms with Crippen molar-refractivity contribution in [3.8, 4) is 0 Å². The zero-order valence-electron chi connectivity index (χ0n) is 10.5. The predicted octanol–water partition coefficient (Wildman–Crippen LogP) is 2.48. The number of carbonyl (C=O) groups is 1. The summed E-state index contributed by atoms with van der Waals surface area (Å²) in [7, 11) is 1.44. The van der Waals surface area contributed by atoms with E-state index in [1.807, 2.05) is 0 Å². The van der Waals surface area contributed by atoms with Crippen LogP contribution in [0.15, 0.2) is 23.8 Å². The molecule has 1 saturated carbocycles. The van der Waals surface area contributed by atoms with Crippen molar-refractivity contribution in [3.63, 3.8) is 0 Å². The van der Waals surface area contributed by atoms with E-state index in [0.29, 0.717) is 12.5 Å². The van der Waals surface area contributed by atoms with Crippen molar-refractivity contribution in [2.24, 2.45) is 11.8 Å². The second-order valence-corrected chi connectivity index (χ2v) is 5.02. The molecule has 0 aromatic heterocycles. The molecule has 1 unspecified atom stereocenters. The van der Waals surface area contributed by atoms with Crippen LogP contribution in [0.5, 0.6) is 0 Å². The molecule has 2 aliphatic carbocycles. The van der Waals surface area contributed by atoms with E-state index in [-0.39, 0.29) is 18.0 Å². The van der Waals surface area contributed by atoms with Crippen molar-refractivity contribution in [3.05, 3.63) is 23.8 Å². The first-order valence-electron chi connectivity index (χ1n) is 6.24. The van der Waals surface area contributed by atoms with Gasteiger partial charge in [-0.05, 0) is 30.8 Å². The molecule has 1 atom stereocenters. The summed E-state index contributed by atoms with van der Waals surface area (Å²) in [6, 6.07) is 0. The molecular weight excluding hydrogens is 216 g/mol. The Balaban J connectivity index is 1.66. The molecule has 1 fully saturated rings. The Kier molecular flexibility index (Phi) is 4.00. The van der Waals surface area contributed by atoms with Crippen molar-refractivity contribution in [1.82, 2.24) is 0 Å². The van der Waals surface area contributed by atoms with Crippen LogP contribution in [0, 0.1) is 11.8 Å². The molecule has 94 valence electrons. The summed E-state index contributed by atoms with van der Waals surface area (Å²) in [6.07, 6.45) is 9.39. The number of hydrogen-bond donors (Lipinski definition) is 0. The molecule has 0 spiro atoms. The van der Waals surface area contributed by atoms with Crippen LogP contribution in [0.2, 0.25) is 0 Å². The molecule has 3 nitrogen and oxygen atoms in total. The maximum atomic E-state index is 11.2. The quantitative estimate of drug-likeness (QED) is 0.703. The largest absolute Gasteiger partial charge is 0.469 e. The van der Waals surface area contributed by atoms with Crippen LogP contribution < -0.4 is 0 Å². The minimum absolute atomic E-state index is 0.0594. The molecule has 0 radical (unpaired) electrons. The Bertz CT molecular complexity index is 337. The minimum Gasteiger partial charge on any atom is -0.469 e. The van der Waals surface area contributed by atoms with E-state index in [4.69, 9.17) is 9.47 Å². The fourth-order valence-electron chi connectivity index (χ4n) is 2.32. The fraction of sp³-hybridized carbons (Fsp3) is 0.643. The third-order valence-corrected chi connectivity index (χ3v) is 3.49. The molecule has 0 saturated heterocycles. The van der Waals surface area contributed by atoms with Gasteiger partial charge in [-0.2, -0.15) is 0 Å². The summed E-state index contributed by atoms with van der Waals surface area (Å²) in [6.45, 7) is 2.91. The first kappa shape index (κ1) is 12.4. The summed E-state index contributed by atoms with van der Waals surface area (Å²) < 4.78 is 10.5. The van der Waals surface area contributed by atoms with Crippen LogP contribution in [0.4, 0.5) is 0 Å². The third-order valence-electron chi connectivity index (χ3n) is 3.49. The Morgan fingerprint density at radius 2 is 2.24 bits per heavy atom. The van der Waals surface area contributed by atoms with Crippen LogP contribution in [-0.2, 0) is 14.3 Å². The van der Waals surface area contributed by atoms with E-state index < -0.39 is 0 Å². The third kappa shape index (κ3) is 3.19. The van der Waals surface area contributed by atoms with Gasteiger partial charge >= 0.3 is 5.97 Å². The lowest BCUT2D eigenvalue weighted by molar-refractivity contribution is -0.154. The molecule has 3 heteroatoms. The zero-order chi connectivity index (χ0) is 12.3. The van der Waals surface area contributed by atoms with E-state index in [1.165, 1.54) is 12.7 Å². The van der Waals surface area contributed by atoms with Gasteiger partial charge < -0.3 is 9.47 Å². The van der Waals surface area contributed by atoms with Gasteiger partial charge in [0, 0.05) is 0 Å². The van der Waals surface area contributed by atoms with Crippen molar-refractivity contribution < 1.29 is 14.3 Å². The molecule has 0 aromatic rings. The van der Waals surface area contributed by atoms with Crippen molar-refractivity contribution in [2.75, 3.05) is 13.7 Å². The van der Waals surface area contributed by atoms with Gasteiger partial charge in [-0.3, -0.25) is 4.79 Å². The lowest BCUT2D eigenvalue weighted by Crippen LogP contribution is -2.37. The van der Waals surface area contributed by atoms with Gasteiger partial charge in [0.15, 0.2) is 0 Å². The number of ether oxygens (including phenoxy) is 2. The molecule has 0 amide bonds. The van der Waals surface area contributed by atoms with E-state index in [2.05, 4.69) is 25.2 Å². The molecule has 17 heavy (non-hydrogen) atoms. The Hall–Kier alpha value is -1.09. The first-order valence-corrected chi connectivity index (χ1v) is 6.24. The van der Waals surface area contributed by atoms with Gasteiger partial charge in [0.1, 0.15) is 0 Å². The maximum absolute atomic E-state index is 11.2. The van der Waals surface area contributed by atoms with Crippen LogP contribution in [0.3, 0.4) is 0 Å². The summed E-state index contributed by atoms with van der Waals surface area (Å²) >= 11 is 0. The zero-order valence-corrected chi connectivity index (χ0v) is 10.5. The molecule has 2 aliphatic rings. The van der Waals surface area contributed by atoms with E-state index in [1.54, 1.807) is 0 Å². The number of allylic oxidation sites excluding steroid dienone is 3. The molecule has 0 bridgehead atoms. The highest BCUT2D eigenvalue weighted by molar-refractivity contribution is 5.73. The normalized spacial score (nSPS) is 31.6. The monoisotopic (exact) mass is 236 g/mol. The molecule has 2 rings (SSSR count). The van der Waals surface area contributed by atoms with Gasteiger partial charge in [-0.25, -0.2) is 0 Å².